The number of aliphatic hydroxyl groups is 1. The fraction of sp³-hybridized carbons (Fsp3) is 0.476. The number of pyridine rings is 1. The van der Waals surface area contributed by atoms with Gasteiger partial charge in [-0.05, 0) is 43.7 Å². The first-order chi connectivity index (χ1) is 14.8. The van der Waals surface area contributed by atoms with Crippen molar-refractivity contribution in [3.63, 3.8) is 0 Å². The molecular weight excluding hydrogens is 408 g/mol. The summed E-state index contributed by atoms with van der Waals surface area (Å²) in [6.45, 7) is 0.0556. The minimum Gasteiger partial charge on any atom is -0.494 e. The van der Waals surface area contributed by atoms with Crippen molar-refractivity contribution in [2.24, 2.45) is 5.73 Å². The molecule has 0 unspecified atom stereocenters. The van der Waals surface area contributed by atoms with Gasteiger partial charge in [0.2, 0.25) is 0 Å². The summed E-state index contributed by atoms with van der Waals surface area (Å²) in [5.41, 5.74) is 6.37. The summed E-state index contributed by atoms with van der Waals surface area (Å²) in [7, 11) is 0. The van der Waals surface area contributed by atoms with Gasteiger partial charge < -0.3 is 20.9 Å². The number of aromatic nitrogens is 1. The molecule has 31 heavy (non-hydrogen) atoms. The maximum atomic E-state index is 13.6. The van der Waals surface area contributed by atoms with Crippen LogP contribution in [0.2, 0.25) is 0 Å². The number of halogens is 2. The maximum absolute atomic E-state index is 13.6. The second-order valence-corrected chi connectivity index (χ2v) is 7.45. The number of nitriles is 1. The first-order valence-corrected chi connectivity index (χ1v) is 10.1. The van der Waals surface area contributed by atoms with Crippen molar-refractivity contribution < 1.29 is 23.4 Å². The zero-order valence-corrected chi connectivity index (χ0v) is 16.9. The Bertz CT molecular complexity index is 966. The number of carbonyl (C=O) groups is 1. The Balaban J connectivity index is 1.68. The Morgan fingerprint density at radius 2 is 2.26 bits per heavy atom. The smallest absolute Gasteiger partial charge is 0.263 e. The fourth-order valence-corrected chi connectivity index (χ4v) is 3.52. The number of nitrogens with two attached hydrogens (primary N) is 1. The second-order valence-electron chi connectivity index (χ2n) is 7.45. The Hall–Kier alpha value is -2.87. The van der Waals surface area contributed by atoms with Crippen LogP contribution in [0.15, 0.2) is 30.5 Å². The number of carbonyl (C=O) groups excluding carboxylic acids is 1. The van der Waals surface area contributed by atoms with Gasteiger partial charge in [0.1, 0.15) is 18.0 Å². The molecule has 0 bridgehead atoms. The van der Waals surface area contributed by atoms with Gasteiger partial charge in [0.05, 0.1) is 36.8 Å². The Labute approximate surface area is 178 Å². The fourth-order valence-electron chi connectivity index (χ4n) is 3.52. The molecule has 2 heterocycles. The van der Waals surface area contributed by atoms with E-state index in [-0.39, 0.29) is 6.54 Å². The van der Waals surface area contributed by atoms with Crippen molar-refractivity contribution >= 4 is 16.8 Å². The van der Waals surface area contributed by atoms with E-state index in [1.807, 2.05) is 0 Å². The van der Waals surface area contributed by atoms with Crippen LogP contribution in [0.1, 0.15) is 29.6 Å². The van der Waals surface area contributed by atoms with E-state index in [0.29, 0.717) is 35.4 Å². The number of hydrogen-bond donors (Lipinski definition) is 3. The number of hydrogen-bond acceptors (Lipinski definition) is 7. The highest BCUT2D eigenvalue weighted by molar-refractivity contribution is 6.06. The topological polar surface area (TPSA) is 125 Å². The van der Waals surface area contributed by atoms with Crippen LogP contribution in [0.3, 0.4) is 0 Å². The third kappa shape index (κ3) is 5.64. The zero-order valence-electron chi connectivity index (χ0n) is 16.9. The summed E-state index contributed by atoms with van der Waals surface area (Å²) in [6.07, 6.45) is 1.10. The molecule has 8 nitrogen and oxygen atoms in total. The lowest BCUT2D eigenvalue weighted by Crippen LogP contribution is -2.46. The largest absolute Gasteiger partial charge is 0.494 e. The molecule has 3 rings (SSSR count). The van der Waals surface area contributed by atoms with Crippen LogP contribution in [0.4, 0.5) is 8.78 Å². The van der Waals surface area contributed by atoms with Crippen LogP contribution in [0.25, 0.3) is 10.9 Å². The molecular formula is C21H25F2N5O3. The molecule has 0 spiro atoms. The predicted molar refractivity (Wildman–Crippen MR) is 110 cm³/mol. The van der Waals surface area contributed by atoms with Crippen LogP contribution in [0.5, 0.6) is 5.75 Å². The lowest BCUT2D eigenvalue weighted by atomic mass is 10.1. The van der Waals surface area contributed by atoms with E-state index in [0.717, 1.165) is 17.7 Å². The number of likely N-dealkylation sites (tertiary alicyclic amines) is 1. The molecule has 1 amide bonds. The molecule has 10 heteroatoms. The summed E-state index contributed by atoms with van der Waals surface area (Å²) in [5.74, 6) is -2.96. The number of fused-ring (bicyclic) bond motifs is 1. The number of unbranched alkanes of at least 4 members (excludes halogenated alkanes) is 1. The summed E-state index contributed by atoms with van der Waals surface area (Å²) < 4.78 is 32.9. The first-order valence-electron chi connectivity index (χ1n) is 10.1. The first kappa shape index (κ1) is 22.8. The average Bonchev–Trinajstić information content (AvgIpc) is 3.09. The summed E-state index contributed by atoms with van der Waals surface area (Å²) in [5, 5.41) is 22.4. The van der Waals surface area contributed by atoms with Crippen molar-refractivity contribution in [2.45, 2.75) is 37.5 Å². The normalized spacial score (nSPS) is 19.1. The summed E-state index contributed by atoms with van der Waals surface area (Å²) in [6, 6.07) is 7.41. The van der Waals surface area contributed by atoms with E-state index >= 15 is 0 Å². The number of ether oxygens (including phenoxy) is 1. The quantitative estimate of drug-likeness (QED) is 0.514. The molecule has 1 saturated heterocycles. The zero-order chi connectivity index (χ0) is 22.4. The van der Waals surface area contributed by atoms with E-state index in [2.05, 4.69) is 10.3 Å². The van der Waals surface area contributed by atoms with Gasteiger partial charge in [-0.2, -0.15) is 5.26 Å². The molecule has 1 aliphatic rings. The van der Waals surface area contributed by atoms with Crippen molar-refractivity contribution in [1.82, 2.24) is 15.2 Å². The third-order valence-electron chi connectivity index (χ3n) is 5.11. The number of alkyl halides is 2. The summed E-state index contributed by atoms with van der Waals surface area (Å²) in [4.78, 5) is 18.0. The number of rotatable bonds is 9. The maximum Gasteiger partial charge on any atom is 0.263 e. The molecule has 0 saturated carbocycles. The minimum absolute atomic E-state index is 0.299. The van der Waals surface area contributed by atoms with Crippen LogP contribution < -0.4 is 15.8 Å². The van der Waals surface area contributed by atoms with Gasteiger partial charge in [-0.3, -0.25) is 14.7 Å². The number of amides is 1. The van der Waals surface area contributed by atoms with Crippen molar-refractivity contribution in [3.05, 3.63) is 36.0 Å². The van der Waals surface area contributed by atoms with Crippen LogP contribution in [0, 0.1) is 11.3 Å². The molecule has 1 aromatic carbocycles. The molecule has 0 radical (unpaired) electrons. The van der Waals surface area contributed by atoms with Crippen molar-refractivity contribution in [3.8, 4) is 11.8 Å². The average molecular weight is 433 g/mol. The van der Waals surface area contributed by atoms with Crippen LogP contribution in [-0.4, -0.2) is 65.3 Å². The molecule has 1 aliphatic heterocycles. The number of benzene rings is 1. The summed E-state index contributed by atoms with van der Waals surface area (Å²) >= 11 is 0. The second kappa shape index (κ2) is 9.96. The number of nitrogens with zero attached hydrogens (tertiary/aromatic N) is 3. The van der Waals surface area contributed by atoms with E-state index < -0.39 is 37.1 Å². The van der Waals surface area contributed by atoms with Crippen molar-refractivity contribution in [2.75, 3.05) is 26.2 Å². The molecule has 0 aliphatic carbocycles. The van der Waals surface area contributed by atoms with Gasteiger partial charge in [-0.25, -0.2) is 8.78 Å². The highest BCUT2D eigenvalue weighted by Gasteiger charge is 2.47. The molecule has 166 valence electrons. The highest BCUT2D eigenvalue weighted by atomic mass is 19.3. The number of nitrogens with one attached hydrogen (secondary N) is 1. The van der Waals surface area contributed by atoms with E-state index in [1.165, 1.54) is 12.3 Å². The predicted octanol–water partition coefficient (Wildman–Crippen LogP) is 1.63. The number of aliphatic hydroxyl groups excluding tert-OH is 1. The molecule has 4 N–H and O–H groups in total. The molecule has 1 aromatic heterocycles. The Morgan fingerprint density at radius 1 is 1.45 bits per heavy atom. The van der Waals surface area contributed by atoms with Gasteiger partial charge in [0, 0.05) is 18.0 Å². The molecule has 1 fully saturated rings. The Kier molecular flexibility index (Phi) is 7.33. The van der Waals surface area contributed by atoms with E-state index in [1.54, 1.807) is 24.3 Å². The van der Waals surface area contributed by atoms with Gasteiger partial charge in [0.25, 0.3) is 11.8 Å². The van der Waals surface area contributed by atoms with Gasteiger partial charge >= 0.3 is 0 Å². The highest BCUT2D eigenvalue weighted by Crippen LogP contribution is 2.32. The van der Waals surface area contributed by atoms with Crippen LogP contribution >= 0.6 is 0 Å². The lowest BCUT2D eigenvalue weighted by molar-refractivity contribution is -0.0305. The third-order valence-corrected chi connectivity index (χ3v) is 5.11. The molecule has 2 aromatic rings. The van der Waals surface area contributed by atoms with Gasteiger partial charge in [-0.1, -0.05) is 0 Å². The van der Waals surface area contributed by atoms with Crippen molar-refractivity contribution in [1.29, 1.82) is 5.26 Å². The van der Waals surface area contributed by atoms with E-state index in [4.69, 9.17) is 15.7 Å². The van der Waals surface area contributed by atoms with E-state index in [9.17, 15) is 18.7 Å². The van der Waals surface area contributed by atoms with Gasteiger partial charge in [0.15, 0.2) is 0 Å². The van der Waals surface area contributed by atoms with Crippen LogP contribution in [-0.2, 0) is 0 Å². The SMILES string of the molecule is N#C[C@@H]1CC(F)(F)CN1[C@@H](O)CNC(=O)c1ccnc2ccc(OCCCCN)cc12. The monoisotopic (exact) mass is 433 g/mol. The lowest BCUT2D eigenvalue weighted by Gasteiger charge is -2.25. The Morgan fingerprint density at radius 3 is 3.00 bits per heavy atom. The van der Waals surface area contributed by atoms with Gasteiger partial charge in [-0.15, -0.1) is 0 Å². The minimum atomic E-state index is -3.05. The standard InChI is InChI=1S/C21H25F2N5O3/c22-21(23)10-14(11-25)28(13-21)19(29)12-27-20(30)16-5-7-26-18-4-3-15(9-17(16)18)31-8-2-1-6-24/h3-5,7,9,14,19,29H,1-2,6,8,10,12-13,24H2,(H,27,30)/t14-,19-/m0/s1. The molecule has 2 atom stereocenters.